The van der Waals surface area contributed by atoms with Gasteiger partial charge in [-0.2, -0.15) is 0 Å². The number of ether oxygens (including phenoxy) is 1. The molecule has 2 rings (SSSR count). The molecular formula is C20H30N2O3. The van der Waals surface area contributed by atoms with Crippen LogP contribution in [0.2, 0.25) is 0 Å². The van der Waals surface area contributed by atoms with E-state index in [4.69, 9.17) is 4.74 Å². The van der Waals surface area contributed by atoms with E-state index in [-0.39, 0.29) is 30.1 Å². The summed E-state index contributed by atoms with van der Waals surface area (Å²) in [5.41, 5.74) is 3.56. The highest BCUT2D eigenvalue weighted by molar-refractivity contribution is 5.83. The number of hydrogen-bond acceptors (Lipinski definition) is 3. The van der Waals surface area contributed by atoms with E-state index in [1.54, 1.807) is 4.90 Å². The predicted molar refractivity (Wildman–Crippen MR) is 98.6 cm³/mol. The van der Waals surface area contributed by atoms with E-state index in [1.165, 1.54) is 16.7 Å². The smallest absolute Gasteiger partial charge is 0.223 e. The molecule has 0 spiro atoms. The summed E-state index contributed by atoms with van der Waals surface area (Å²) in [5, 5.41) is 2.99. The second-order valence-electron chi connectivity index (χ2n) is 7.47. The number of carbonyl (C=O) groups is 2. The van der Waals surface area contributed by atoms with Gasteiger partial charge in [-0.25, -0.2) is 0 Å². The number of aryl methyl sites for hydroxylation is 2. The molecule has 0 bridgehead atoms. The first-order valence-electron chi connectivity index (χ1n) is 8.99. The van der Waals surface area contributed by atoms with Crippen LogP contribution in [0.15, 0.2) is 18.2 Å². The molecule has 5 heteroatoms. The van der Waals surface area contributed by atoms with Crippen molar-refractivity contribution in [3.05, 3.63) is 34.9 Å². The average molecular weight is 346 g/mol. The SMILES string of the molecule is Cc1ccc(C(C)(C)CNC(=O)CCC(=O)N2CCOCC2)c(C)c1. The minimum Gasteiger partial charge on any atom is -0.378 e. The minimum absolute atomic E-state index is 0.0343. The van der Waals surface area contributed by atoms with E-state index in [0.29, 0.717) is 32.8 Å². The van der Waals surface area contributed by atoms with Crippen LogP contribution >= 0.6 is 0 Å². The van der Waals surface area contributed by atoms with E-state index >= 15 is 0 Å². The van der Waals surface area contributed by atoms with Gasteiger partial charge in [0.15, 0.2) is 0 Å². The second-order valence-corrected chi connectivity index (χ2v) is 7.47. The molecule has 0 radical (unpaired) electrons. The molecule has 5 nitrogen and oxygen atoms in total. The van der Waals surface area contributed by atoms with Crippen LogP contribution in [0.3, 0.4) is 0 Å². The standard InChI is InChI=1S/C20H30N2O3/c1-15-5-6-17(16(2)13-15)20(3,4)14-21-18(23)7-8-19(24)22-9-11-25-12-10-22/h5-6,13H,7-12,14H2,1-4H3,(H,21,23). The number of morpholine rings is 1. The fourth-order valence-electron chi connectivity index (χ4n) is 3.27. The molecule has 25 heavy (non-hydrogen) atoms. The van der Waals surface area contributed by atoms with Gasteiger partial charge in [-0.1, -0.05) is 37.6 Å². The molecule has 1 heterocycles. The van der Waals surface area contributed by atoms with Crippen molar-refractivity contribution in [3.8, 4) is 0 Å². The van der Waals surface area contributed by atoms with Crippen molar-refractivity contribution in [2.24, 2.45) is 0 Å². The van der Waals surface area contributed by atoms with Crippen LogP contribution in [0.1, 0.15) is 43.4 Å². The molecule has 0 saturated carbocycles. The van der Waals surface area contributed by atoms with Crippen LogP contribution < -0.4 is 5.32 Å². The first-order valence-corrected chi connectivity index (χ1v) is 8.99. The number of nitrogens with zero attached hydrogens (tertiary/aromatic N) is 1. The van der Waals surface area contributed by atoms with Crippen LogP contribution in [-0.2, 0) is 19.7 Å². The van der Waals surface area contributed by atoms with Crippen molar-refractivity contribution in [2.75, 3.05) is 32.8 Å². The number of hydrogen-bond donors (Lipinski definition) is 1. The summed E-state index contributed by atoms with van der Waals surface area (Å²) in [4.78, 5) is 26.0. The fourth-order valence-corrected chi connectivity index (χ4v) is 3.27. The average Bonchev–Trinajstić information content (AvgIpc) is 2.58. The Morgan fingerprint density at radius 2 is 1.84 bits per heavy atom. The monoisotopic (exact) mass is 346 g/mol. The Morgan fingerprint density at radius 1 is 1.16 bits per heavy atom. The number of rotatable bonds is 6. The Hall–Kier alpha value is -1.88. The molecule has 1 saturated heterocycles. The third kappa shape index (κ3) is 5.56. The van der Waals surface area contributed by atoms with Gasteiger partial charge in [0.05, 0.1) is 13.2 Å². The molecule has 1 aliphatic rings. The summed E-state index contributed by atoms with van der Waals surface area (Å²) < 4.78 is 5.24. The second kappa shape index (κ2) is 8.48. The number of benzene rings is 1. The Kier molecular flexibility index (Phi) is 6.59. The quantitative estimate of drug-likeness (QED) is 0.860. The lowest BCUT2D eigenvalue weighted by Gasteiger charge is -2.28. The minimum atomic E-state index is -0.151. The zero-order valence-electron chi connectivity index (χ0n) is 15.9. The van der Waals surface area contributed by atoms with E-state index in [1.807, 2.05) is 0 Å². The summed E-state index contributed by atoms with van der Waals surface area (Å²) in [6, 6.07) is 6.41. The van der Waals surface area contributed by atoms with Gasteiger partial charge in [-0.3, -0.25) is 9.59 Å². The summed E-state index contributed by atoms with van der Waals surface area (Å²) in [6.07, 6.45) is 0.495. The molecule has 1 fully saturated rings. The van der Waals surface area contributed by atoms with Gasteiger partial charge in [0.25, 0.3) is 0 Å². The summed E-state index contributed by atoms with van der Waals surface area (Å²) >= 11 is 0. The van der Waals surface area contributed by atoms with Crippen molar-refractivity contribution >= 4 is 11.8 Å². The topological polar surface area (TPSA) is 58.6 Å². The first-order chi connectivity index (χ1) is 11.8. The lowest BCUT2D eigenvalue weighted by molar-refractivity contribution is -0.137. The molecule has 1 aromatic carbocycles. The largest absolute Gasteiger partial charge is 0.378 e. The maximum Gasteiger partial charge on any atom is 0.223 e. The highest BCUT2D eigenvalue weighted by atomic mass is 16.5. The molecule has 2 amide bonds. The Labute approximate surface area is 150 Å². The van der Waals surface area contributed by atoms with Gasteiger partial charge in [-0.15, -0.1) is 0 Å². The van der Waals surface area contributed by atoms with Gasteiger partial charge in [0, 0.05) is 37.9 Å². The van der Waals surface area contributed by atoms with E-state index in [0.717, 1.165) is 0 Å². The van der Waals surface area contributed by atoms with E-state index in [9.17, 15) is 9.59 Å². The molecular weight excluding hydrogens is 316 g/mol. The molecule has 0 unspecified atom stereocenters. The van der Waals surface area contributed by atoms with Crippen LogP contribution in [0, 0.1) is 13.8 Å². The van der Waals surface area contributed by atoms with Crippen molar-refractivity contribution in [1.82, 2.24) is 10.2 Å². The van der Waals surface area contributed by atoms with Crippen LogP contribution in [0.4, 0.5) is 0 Å². The van der Waals surface area contributed by atoms with Crippen molar-refractivity contribution in [2.45, 2.75) is 46.0 Å². The van der Waals surface area contributed by atoms with Gasteiger partial charge in [0.2, 0.25) is 11.8 Å². The predicted octanol–water partition coefficient (Wildman–Crippen LogP) is 2.34. The third-order valence-corrected chi connectivity index (χ3v) is 4.77. The summed E-state index contributed by atoms with van der Waals surface area (Å²) in [7, 11) is 0. The highest BCUT2D eigenvalue weighted by Crippen LogP contribution is 2.26. The maximum atomic E-state index is 12.1. The number of nitrogens with one attached hydrogen (secondary N) is 1. The third-order valence-electron chi connectivity index (χ3n) is 4.77. The van der Waals surface area contributed by atoms with Gasteiger partial charge >= 0.3 is 0 Å². The van der Waals surface area contributed by atoms with Crippen molar-refractivity contribution < 1.29 is 14.3 Å². The Bertz CT molecular complexity index is 619. The summed E-state index contributed by atoms with van der Waals surface area (Å²) in [6.45, 7) is 11.4. The Morgan fingerprint density at radius 3 is 2.48 bits per heavy atom. The van der Waals surface area contributed by atoms with Gasteiger partial charge in [-0.05, 0) is 25.0 Å². The number of carbonyl (C=O) groups excluding carboxylic acids is 2. The molecule has 138 valence electrons. The molecule has 0 aromatic heterocycles. The zero-order valence-corrected chi connectivity index (χ0v) is 15.9. The highest BCUT2D eigenvalue weighted by Gasteiger charge is 2.24. The number of amides is 2. The molecule has 0 atom stereocenters. The normalized spacial score (nSPS) is 15.1. The van der Waals surface area contributed by atoms with Gasteiger partial charge in [0.1, 0.15) is 0 Å². The van der Waals surface area contributed by atoms with E-state index in [2.05, 4.69) is 51.2 Å². The van der Waals surface area contributed by atoms with E-state index < -0.39 is 0 Å². The lowest BCUT2D eigenvalue weighted by atomic mass is 9.81. The zero-order chi connectivity index (χ0) is 18.4. The Balaban J connectivity index is 1.81. The van der Waals surface area contributed by atoms with Crippen LogP contribution in [0.25, 0.3) is 0 Å². The molecule has 1 aliphatic heterocycles. The van der Waals surface area contributed by atoms with Crippen molar-refractivity contribution in [3.63, 3.8) is 0 Å². The molecule has 0 aliphatic carbocycles. The van der Waals surface area contributed by atoms with Crippen molar-refractivity contribution in [1.29, 1.82) is 0 Å². The molecule has 1 N–H and O–H groups in total. The lowest BCUT2D eigenvalue weighted by Crippen LogP contribution is -2.41. The molecule has 1 aromatic rings. The fraction of sp³-hybridized carbons (Fsp3) is 0.600. The van der Waals surface area contributed by atoms with Crippen LogP contribution in [0.5, 0.6) is 0 Å². The summed E-state index contributed by atoms with van der Waals surface area (Å²) in [5.74, 6) is -0.0356. The maximum absolute atomic E-state index is 12.1. The first kappa shape index (κ1) is 19.4. The van der Waals surface area contributed by atoms with Crippen LogP contribution in [-0.4, -0.2) is 49.6 Å². The van der Waals surface area contributed by atoms with Gasteiger partial charge < -0.3 is 15.0 Å².